The van der Waals surface area contributed by atoms with Gasteiger partial charge in [0.05, 0.1) is 24.8 Å². The van der Waals surface area contributed by atoms with E-state index in [2.05, 4.69) is 5.32 Å². The van der Waals surface area contributed by atoms with E-state index in [0.717, 1.165) is 10.7 Å². The van der Waals surface area contributed by atoms with Gasteiger partial charge in [-0.2, -0.15) is 0 Å². The average Bonchev–Trinajstić information content (AvgIpc) is 2.97. The summed E-state index contributed by atoms with van der Waals surface area (Å²) in [7, 11) is -1.31. The highest BCUT2D eigenvalue weighted by Gasteiger charge is 2.34. The Morgan fingerprint density at radius 1 is 0.975 bits per heavy atom. The Hall–Kier alpha value is -3.76. The molecule has 0 heterocycles. The van der Waals surface area contributed by atoms with Crippen molar-refractivity contribution < 1.29 is 27.5 Å². The number of sulfonamides is 1. The first-order valence-electron chi connectivity index (χ1n) is 12.7. The zero-order valence-corrected chi connectivity index (χ0v) is 24.5. The predicted molar refractivity (Wildman–Crippen MR) is 155 cm³/mol. The van der Waals surface area contributed by atoms with E-state index in [1.54, 1.807) is 55.5 Å². The van der Waals surface area contributed by atoms with Crippen LogP contribution in [-0.2, 0) is 26.2 Å². The summed E-state index contributed by atoms with van der Waals surface area (Å²) in [5.74, 6) is -0.144. The molecule has 0 fully saturated rings. The van der Waals surface area contributed by atoms with Crippen LogP contribution in [0.25, 0.3) is 0 Å². The maximum Gasteiger partial charge on any atom is 0.264 e. The molecular weight excluding hydrogens is 554 g/mol. The van der Waals surface area contributed by atoms with Gasteiger partial charge in [0.15, 0.2) is 0 Å². The third kappa shape index (κ3) is 7.45. The molecule has 0 bridgehead atoms. The van der Waals surface area contributed by atoms with Crippen LogP contribution in [0.5, 0.6) is 11.5 Å². The molecule has 11 heteroatoms. The van der Waals surface area contributed by atoms with E-state index >= 15 is 0 Å². The smallest absolute Gasteiger partial charge is 0.264 e. The Morgan fingerprint density at radius 2 is 1.70 bits per heavy atom. The van der Waals surface area contributed by atoms with Crippen molar-refractivity contribution in [2.75, 3.05) is 31.6 Å². The van der Waals surface area contributed by atoms with Crippen LogP contribution < -0.4 is 19.1 Å². The third-order valence-corrected chi connectivity index (χ3v) is 8.23. The second kappa shape index (κ2) is 14.0. The highest BCUT2D eigenvalue weighted by atomic mass is 35.5. The van der Waals surface area contributed by atoms with Gasteiger partial charge in [-0.1, -0.05) is 48.9 Å². The van der Waals surface area contributed by atoms with Crippen LogP contribution in [0, 0.1) is 0 Å². The molecular formula is C29H34ClN3O6S. The molecule has 3 aromatic rings. The fourth-order valence-electron chi connectivity index (χ4n) is 4.04. The van der Waals surface area contributed by atoms with Crippen molar-refractivity contribution in [2.24, 2.45) is 0 Å². The molecule has 0 spiro atoms. The maximum absolute atomic E-state index is 14.0. The first kappa shape index (κ1) is 30.8. The van der Waals surface area contributed by atoms with Crippen LogP contribution in [0.3, 0.4) is 0 Å². The summed E-state index contributed by atoms with van der Waals surface area (Å²) in [6.45, 7) is 3.42. The van der Waals surface area contributed by atoms with E-state index in [4.69, 9.17) is 21.1 Å². The number of hydrogen-bond acceptors (Lipinski definition) is 6. The first-order chi connectivity index (χ1) is 19.1. The predicted octanol–water partition coefficient (Wildman–Crippen LogP) is 4.50. The molecule has 1 atom stereocenters. The van der Waals surface area contributed by atoms with Crippen LogP contribution >= 0.6 is 11.6 Å². The van der Waals surface area contributed by atoms with Crippen molar-refractivity contribution in [3.63, 3.8) is 0 Å². The summed E-state index contributed by atoms with van der Waals surface area (Å²) in [5.41, 5.74) is 0.803. The van der Waals surface area contributed by atoms with E-state index in [0.29, 0.717) is 17.9 Å². The number of amides is 2. The van der Waals surface area contributed by atoms with E-state index < -0.39 is 28.5 Å². The molecule has 40 heavy (non-hydrogen) atoms. The molecule has 0 radical (unpaired) electrons. The quantitative estimate of drug-likeness (QED) is 0.316. The standard InChI is InChI=1S/C29H34ClN3O6S/c1-5-16-31-29(35)21(2)32(19-22-10-9-11-24(17-22)38-3)28(34)20-33(26-18-23(30)14-15-27(26)39-4)40(36,37)25-12-7-6-8-13-25/h6-15,17-18,21H,5,16,19-20H2,1-4H3,(H,31,35)/t21-/m0/s1. The summed E-state index contributed by atoms with van der Waals surface area (Å²) >= 11 is 6.25. The fourth-order valence-corrected chi connectivity index (χ4v) is 5.64. The summed E-state index contributed by atoms with van der Waals surface area (Å²) < 4.78 is 39.6. The molecule has 2 amide bonds. The molecule has 9 nitrogen and oxygen atoms in total. The second-order valence-corrected chi connectivity index (χ2v) is 11.3. The Labute approximate surface area is 240 Å². The number of anilines is 1. The lowest BCUT2D eigenvalue weighted by molar-refractivity contribution is -0.139. The summed E-state index contributed by atoms with van der Waals surface area (Å²) in [6.07, 6.45) is 0.722. The Morgan fingerprint density at radius 3 is 2.35 bits per heavy atom. The van der Waals surface area contributed by atoms with Crippen molar-refractivity contribution in [1.29, 1.82) is 0 Å². The number of carbonyl (C=O) groups excluding carboxylic acids is 2. The topological polar surface area (TPSA) is 105 Å². The van der Waals surface area contributed by atoms with Gasteiger partial charge in [0.1, 0.15) is 24.1 Å². The number of methoxy groups -OCH3 is 2. The minimum absolute atomic E-state index is 0.0158. The van der Waals surface area contributed by atoms with E-state index in [-0.39, 0.29) is 33.8 Å². The molecule has 0 aliphatic rings. The van der Waals surface area contributed by atoms with Crippen LogP contribution in [0.4, 0.5) is 5.69 Å². The van der Waals surface area contributed by atoms with Gasteiger partial charge in [-0.05, 0) is 61.4 Å². The Bertz CT molecular complexity index is 1420. The molecule has 0 aliphatic carbocycles. The lowest BCUT2D eigenvalue weighted by Gasteiger charge is -2.32. The number of carbonyl (C=O) groups is 2. The Balaban J connectivity index is 2.08. The van der Waals surface area contributed by atoms with Gasteiger partial charge in [0.2, 0.25) is 11.8 Å². The first-order valence-corrected chi connectivity index (χ1v) is 14.6. The van der Waals surface area contributed by atoms with E-state index in [1.807, 2.05) is 6.92 Å². The lowest BCUT2D eigenvalue weighted by Crippen LogP contribution is -2.51. The molecule has 3 aromatic carbocycles. The highest BCUT2D eigenvalue weighted by molar-refractivity contribution is 7.92. The SMILES string of the molecule is CCCNC(=O)[C@H](C)N(Cc1cccc(OC)c1)C(=O)CN(c1cc(Cl)ccc1OC)S(=O)(=O)c1ccccc1. The van der Waals surface area contributed by atoms with Crippen LogP contribution in [0.15, 0.2) is 77.7 Å². The van der Waals surface area contributed by atoms with Crippen molar-refractivity contribution in [2.45, 2.75) is 37.8 Å². The minimum Gasteiger partial charge on any atom is -0.497 e. The highest BCUT2D eigenvalue weighted by Crippen LogP contribution is 2.35. The van der Waals surface area contributed by atoms with Crippen LogP contribution in [0.1, 0.15) is 25.8 Å². The Kier molecular flexibility index (Phi) is 10.8. The fraction of sp³-hybridized carbons (Fsp3) is 0.310. The van der Waals surface area contributed by atoms with Gasteiger partial charge in [0.25, 0.3) is 10.0 Å². The number of ether oxygens (including phenoxy) is 2. The normalized spacial score (nSPS) is 11.8. The van der Waals surface area contributed by atoms with Crippen LogP contribution in [0.2, 0.25) is 5.02 Å². The van der Waals surface area contributed by atoms with E-state index in [9.17, 15) is 18.0 Å². The van der Waals surface area contributed by atoms with Crippen LogP contribution in [-0.4, -0.2) is 58.5 Å². The number of halogens is 1. The molecule has 0 unspecified atom stereocenters. The zero-order chi connectivity index (χ0) is 29.3. The number of nitrogens with zero attached hydrogens (tertiary/aromatic N) is 2. The van der Waals surface area contributed by atoms with E-state index in [1.165, 1.54) is 43.4 Å². The summed E-state index contributed by atoms with van der Waals surface area (Å²) in [6, 6.07) is 18.5. The van der Waals surface area contributed by atoms with Gasteiger partial charge in [0, 0.05) is 18.1 Å². The monoisotopic (exact) mass is 587 g/mol. The van der Waals surface area contributed by atoms with Crippen molar-refractivity contribution in [3.05, 3.63) is 83.4 Å². The van der Waals surface area contributed by atoms with Gasteiger partial charge in [-0.25, -0.2) is 8.42 Å². The van der Waals surface area contributed by atoms with Gasteiger partial charge in [-0.3, -0.25) is 13.9 Å². The molecule has 0 aliphatic heterocycles. The zero-order valence-electron chi connectivity index (χ0n) is 23.0. The van der Waals surface area contributed by atoms with Crippen molar-refractivity contribution in [3.8, 4) is 11.5 Å². The number of rotatable bonds is 13. The summed E-state index contributed by atoms with van der Waals surface area (Å²) in [4.78, 5) is 28.3. The van der Waals surface area contributed by atoms with Gasteiger partial charge < -0.3 is 19.7 Å². The number of hydrogen-bond donors (Lipinski definition) is 1. The molecule has 0 aromatic heterocycles. The lowest BCUT2D eigenvalue weighted by atomic mass is 10.1. The maximum atomic E-state index is 14.0. The average molecular weight is 588 g/mol. The third-order valence-electron chi connectivity index (χ3n) is 6.22. The molecule has 0 saturated heterocycles. The number of benzene rings is 3. The molecule has 3 rings (SSSR count). The molecule has 0 saturated carbocycles. The van der Waals surface area contributed by atoms with Gasteiger partial charge in [-0.15, -0.1) is 0 Å². The van der Waals surface area contributed by atoms with Gasteiger partial charge >= 0.3 is 0 Å². The molecule has 1 N–H and O–H groups in total. The van der Waals surface area contributed by atoms with Crippen molar-refractivity contribution >= 4 is 39.1 Å². The molecule has 214 valence electrons. The minimum atomic E-state index is -4.25. The second-order valence-electron chi connectivity index (χ2n) is 8.98. The van der Waals surface area contributed by atoms with Crippen molar-refractivity contribution in [1.82, 2.24) is 10.2 Å². The largest absolute Gasteiger partial charge is 0.497 e. The summed E-state index contributed by atoms with van der Waals surface area (Å²) in [5, 5.41) is 3.08. The number of nitrogens with one attached hydrogen (secondary N) is 1.